The highest BCUT2D eigenvalue weighted by molar-refractivity contribution is 6.36. The highest BCUT2D eigenvalue weighted by atomic mass is 35.5. The van der Waals surface area contributed by atoms with E-state index in [1.165, 1.54) is 0 Å². The van der Waals surface area contributed by atoms with Crippen LogP contribution in [0.5, 0.6) is 5.88 Å². The second-order valence-corrected chi connectivity index (χ2v) is 9.38. The first-order chi connectivity index (χ1) is 14.2. The molecule has 0 bridgehead atoms. The van der Waals surface area contributed by atoms with E-state index in [1.54, 1.807) is 12.1 Å². The van der Waals surface area contributed by atoms with Crippen LogP contribution in [0.25, 0.3) is 22.4 Å². The number of ether oxygens (including phenoxy) is 1. The van der Waals surface area contributed by atoms with E-state index in [-0.39, 0.29) is 0 Å². The summed E-state index contributed by atoms with van der Waals surface area (Å²) in [7, 11) is 0. The van der Waals surface area contributed by atoms with Crippen molar-refractivity contribution in [2.45, 2.75) is 45.3 Å². The molecule has 3 nitrogen and oxygen atoms in total. The molecule has 2 heterocycles. The number of halogens is 3. The standard InChI is InChI=1S/C24H22Cl3NO2/c1-4-16-20(13-5-7-14(25)8-6-13)22(17-10-9-15(26)11-18(17)27)28-23-21(16)19(29)12-24(2,3)30-23/h5-11,19,29H,4,12H2,1-3H3. The van der Waals surface area contributed by atoms with E-state index in [4.69, 9.17) is 44.5 Å². The van der Waals surface area contributed by atoms with Gasteiger partial charge in [0.15, 0.2) is 0 Å². The third-order valence-corrected chi connectivity index (χ3v) is 6.17. The molecule has 2 aromatic carbocycles. The fourth-order valence-electron chi connectivity index (χ4n) is 4.09. The predicted octanol–water partition coefficient (Wildman–Crippen LogP) is 7.53. The summed E-state index contributed by atoms with van der Waals surface area (Å²) >= 11 is 18.8. The molecule has 0 spiro atoms. The van der Waals surface area contributed by atoms with Gasteiger partial charge in [0.25, 0.3) is 0 Å². The molecule has 1 aliphatic heterocycles. The Balaban J connectivity index is 2.08. The maximum Gasteiger partial charge on any atom is 0.220 e. The molecule has 0 fully saturated rings. The molecule has 4 rings (SSSR count). The summed E-state index contributed by atoms with van der Waals surface area (Å²) in [6.45, 7) is 5.97. The highest BCUT2D eigenvalue weighted by Crippen LogP contribution is 2.47. The lowest BCUT2D eigenvalue weighted by Gasteiger charge is -2.36. The third kappa shape index (κ3) is 3.92. The van der Waals surface area contributed by atoms with Gasteiger partial charge in [-0.1, -0.05) is 53.9 Å². The molecule has 0 amide bonds. The molecule has 3 aromatic rings. The number of benzene rings is 2. The average molecular weight is 463 g/mol. The largest absolute Gasteiger partial charge is 0.471 e. The van der Waals surface area contributed by atoms with Gasteiger partial charge in [0.1, 0.15) is 5.60 Å². The van der Waals surface area contributed by atoms with Crippen molar-refractivity contribution in [2.75, 3.05) is 0 Å². The summed E-state index contributed by atoms with van der Waals surface area (Å²) in [6, 6.07) is 13.0. The number of rotatable bonds is 3. The first-order valence-electron chi connectivity index (χ1n) is 9.85. The van der Waals surface area contributed by atoms with E-state index < -0.39 is 11.7 Å². The monoisotopic (exact) mass is 461 g/mol. The lowest BCUT2D eigenvalue weighted by molar-refractivity contribution is 0.00692. The molecule has 6 heteroatoms. The second kappa shape index (κ2) is 8.05. The van der Waals surface area contributed by atoms with Crippen molar-refractivity contribution in [1.29, 1.82) is 0 Å². The predicted molar refractivity (Wildman–Crippen MR) is 124 cm³/mol. The van der Waals surface area contributed by atoms with E-state index in [1.807, 2.05) is 44.2 Å². The van der Waals surface area contributed by atoms with Crippen LogP contribution in [-0.2, 0) is 6.42 Å². The molecule has 1 unspecified atom stereocenters. The Morgan fingerprint density at radius 1 is 1.07 bits per heavy atom. The van der Waals surface area contributed by atoms with Crippen molar-refractivity contribution >= 4 is 34.8 Å². The molecule has 0 aliphatic carbocycles. The van der Waals surface area contributed by atoms with Gasteiger partial charge in [0, 0.05) is 33.2 Å². The highest BCUT2D eigenvalue weighted by Gasteiger charge is 2.37. The number of nitrogens with zero attached hydrogens (tertiary/aromatic N) is 1. The SMILES string of the molecule is CCc1c(-c2ccc(Cl)cc2)c(-c2ccc(Cl)cc2Cl)nc2c1C(O)CC(C)(C)O2. The normalized spacial score (nSPS) is 17.4. The van der Waals surface area contributed by atoms with Gasteiger partial charge in [-0.05, 0) is 61.7 Å². The zero-order valence-corrected chi connectivity index (χ0v) is 19.2. The Labute approximate surface area is 191 Å². The number of aliphatic hydroxyl groups is 1. The van der Waals surface area contributed by atoms with Crippen molar-refractivity contribution < 1.29 is 9.84 Å². The van der Waals surface area contributed by atoms with Gasteiger partial charge in [0.05, 0.1) is 16.8 Å². The van der Waals surface area contributed by atoms with Crippen molar-refractivity contribution in [3.8, 4) is 28.3 Å². The van der Waals surface area contributed by atoms with Gasteiger partial charge in [-0.25, -0.2) is 4.98 Å². The zero-order chi connectivity index (χ0) is 21.6. The molecule has 0 saturated carbocycles. The van der Waals surface area contributed by atoms with Gasteiger partial charge in [-0.15, -0.1) is 0 Å². The molecule has 156 valence electrons. The summed E-state index contributed by atoms with van der Waals surface area (Å²) in [6.07, 6.45) is 0.532. The van der Waals surface area contributed by atoms with Crippen LogP contribution in [0.4, 0.5) is 0 Å². The quantitative estimate of drug-likeness (QED) is 0.437. The van der Waals surface area contributed by atoms with Crippen LogP contribution < -0.4 is 4.74 Å². The average Bonchev–Trinajstić information content (AvgIpc) is 2.66. The van der Waals surface area contributed by atoms with E-state index in [9.17, 15) is 5.11 Å². The number of aromatic nitrogens is 1. The Bertz CT molecular complexity index is 1110. The molecular weight excluding hydrogens is 441 g/mol. The first-order valence-corrected chi connectivity index (χ1v) is 11.0. The number of aliphatic hydroxyl groups excluding tert-OH is 1. The number of pyridine rings is 1. The molecule has 1 aromatic heterocycles. The first kappa shape index (κ1) is 21.5. The lowest BCUT2D eigenvalue weighted by Crippen LogP contribution is -2.36. The molecular formula is C24H22Cl3NO2. The summed E-state index contributed by atoms with van der Waals surface area (Å²) < 4.78 is 6.21. The minimum atomic E-state index is -0.660. The van der Waals surface area contributed by atoms with Crippen molar-refractivity contribution in [2.24, 2.45) is 0 Å². The molecule has 0 radical (unpaired) electrons. The van der Waals surface area contributed by atoms with Crippen LogP contribution in [0, 0.1) is 0 Å². The van der Waals surface area contributed by atoms with Crippen LogP contribution in [0.15, 0.2) is 42.5 Å². The summed E-state index contributed by atoms with van der Waals surface area (Å²) in [5, 5.41) is 12.7. The number of fused-ring (bicyclic) bond motifs is 1. The van der Waals surface area contributed by atoms with Gasteiger partial charge in [0.2, 0.25) is 5.88 Å². The number of hydrogen-bond donors (Lipinski definition) is 1. The molecule has 1 N–H and O–H groups in total. The Morgan fingerprint density at radius 3 is 2.37 bits per heavy atom. The van der Waals surface area contributed by atoms with E-state index in [0.717, 1.165) is 27.8 Å². The van der Waals surface area contributed by atoms with E-state index in [0.29, 0.717) is 39.5 Å². The minimum Gasteiger partial charge on any atom is -0.471 e. The Hall–Kier alpha value is -1.78. The zero-order valence-electron chi connectivity index (χ0n) is 17.0. The van der Waals surface area contributed by atoms with E-state index >= 15 is 0 Å². The summed E-state index contributed by atoms with van der Waals surface area (Å²) in [5.41, 5.74) is 4.53. The molecule has 30 heavy (non-hydrogen) atoms. The maximum atomic E-state index is 11.0. The molecule has 0 saturated heterocycles. The van der Waals surface area contributed by atoms with Crippen LogP contribution in [0.2, 0.25) is 15.1 Å². The Kier molecular flexibility index (Phi) is 5.75. The summed E-state index contributed by atoms with van der Waals surface area (Å²) in [5.74, 6) is 0.453. The van der Waals surface area contributed by atoms with Crippen LogP contribution >= 0.6 is 34.8 Å². The topological polar surface area (TPSA) is 42.4 Å². The van der Waals surface area contributed by atoms with Crippen molar-refractivity contribution in [1.82, 2.24) is 4.98 Å². The van der Waals surface area contributed by atoms with Gasteiger partial charge in [-0.2, -0.15) is 0 Å². The molecule has 1 aliphatic rings. The van der Waals surface area contributed by atoms with Crippen molar-refractivity contribution in [3.63, 3.8) is 0 Å². The second-order valence-electron chi connectivity index (χ2n) is 8.10. The van der Waals surface area contributed by atoms with Crippen LogP contribution in [0.3, 0.4) is 0 Å². The Morgan fingerprint density at radius 2 is 1.73 bits per heavy atom. The molecule has 1 atom stereocenters. The van der Waals surface area contributed by atoms with Crippen LogP contribution in [0.1, 0.15) is 44.4 Å². The van der Waals surface area contributed by atoms with E-state index in [2.05, 4.69) is 6.92 Å². The minimum absolute atomic E-state index is 0.453. The summed E-state index contributed by atoms with van der Waals surface area (Å²) in [4.78, 5) is 4.88. The van der Waals surface area contributed by atoms with Crippen LogP contribution in [-0.4, -0.2) is 15.7 Å². The third-order valence-electron chi connectivity index (χ3n) is 5.37. The van der Waals surface area contributed by atoms with Crippen molar-refractivity contribution in [3.05, 3.63) is 68.7 Å². The van der Waals surface area contributed by atoms with Gasteiger partial charge in [-0.3, -0.25) is 0 Å². The fraction of sp³-hybridized carbons (Fsp3) is 0.292. The maximum absolute atomic E-state index is 11.0. The number of hydrogen-bond acceptors (Lipinski definition) is 3. The fourth-order valence-corrected chi connectivity index (χ4v) is 4.71. The van der Waals surface area contributed by atoms with Gasteiger partial charge < -0.3 is 9.84 Å². The van der Waals surface area contributed by atoms with Gasteiger partial charge >= 0.3 is 0 Å². The smallest absolute Gasteiger partial charge is 0.220 e. The lowest BCUT2D eigenvalue weighted by atomic mass is 9.84.